The van der Waals surface area contributed by atoms with E-state index in [1.807, 2.05) is 17.0 Å². The fourth-order valence-corrected chi connectivity index (χ4v) is 3.27. The molecule has 2 aliphatic rings. The lowest BCUT2D eigenvalue weighted by Crippen LogP contribution is -2.50. The van der Waals surface area contributed by atoms with Crippen molar-refractivity contribution in [3.8, 4) is 0 Å². The van der Waals surface area contributed by atoms with Gasteiger partial charge in [-0.25, -0.2) is 0 Å². The van der Waals surface area contributed by atoms with E-state index in [1.165, 1.54) is 0 Å². The van der Waals surface area contributed by atoms with Crippen molar-refractivity contribution in [2.45, 2.75) is 24.9 Å². The number of hydrogen-bond acceptors (Lipinski definition) is 3. The number of ether oxygens (including phenoxy) is 1. The van der Waals surface area contributed by atoms with Gasteiger partial charge in [0.1, 0.15) is 0 Å². The number of carbonyl (C=O) groups excluding carboxylic acids is 1. The first kappa shape index (κ1) is 15.1. The molecule has 0 aromatic heterocycles. The van der Waals surface area contributed by atoms with Gasteiger partial charge in [-0.2, -0.15) is 0 Å². The van der Waals surface area contributed by atoms with Gasteiger partial charge >= 0.3 is 0 Å². The van der Waals surface area contributed by atoms with Crippen LogP contribution >= 0.6 is 23.2 Å². The summed E-state index contributed by atoms with van der Waals surface area (Å²) >= 11 is 12.1. The third-order valence-electron chi connectivity index (χ3n) is 4.10. The van der Waals surface area contributed by atoms with Crippen LogP contribution in [0.3, 0.4) is 0 Å². The minimum Gasteiger partial charge on any atom is -0.377 e. The molecule has 0 bridgehead atoms. The molecule has 4 nitrogen and oxygen atoms in total. The molecule has 2 saturated heterocycles. The predicted octanol–water partition coefficient (Wildman–Crippen LogP) is 2.65. The SMILES string of the molecule is O=C([C@H]1CCCN1)N1CCOCC1c1ccc(Cl)c(Cl)c1. The molecule has 1 N–H and O–H groups in total. The van der Waals surface area contributed by atoms with E-state index in [9.17, 15) is 4.79 Å². The molecule has 3 rings (SSSR count). The average molecular weight is 329 g/mol. The van der Waals surface area contributed by atoms with Gasteiger partial charge in [0.05, 0.1) is 35.3 Å². The second-order valence-electron chi connectivity index (χ2n) is 5.44. The monoisotopic (exact) mass is 328 g/mol. The van der Waals surface area contributed by atoms with Gasteiger partial charge in [0.25, 0.3) is 0 Å². The highest BCUT2D eigenvalue weighted by atomic mass is 35.5. The Bertz CT molecular complexity index is 532. The molecule has 2 fully saturated rings. The maximum atomic E-state index is 12.7. The van der Waals surface area contributed by atoms with Crippen molar-refractivity contribution in [3.63, 3.8) is 0 Å². The molecule has 0 aliphatic carbocycles. The Hall–Kier alpha value is -0.810. The summed E-state index contributed by atoms with van der Waals surface area (Å²) in [4.78, 5) is 14.6. The normalized spacial score (nSPS) is 26.1. The van der Waals surface area contributed by atoms with Crippen LogP contribution in [-0.2, 0) is 9.53 Å². The van der Waals surface area contributed by atoms with E-state index in [0.717, 1.165) is 24.9 Å². The molecule has 2 heterocycles. The fourth-order valence-electron chi connectivity index (χ4n) is 2.96. The number of nitrogens with one attached hydrogen (secondary N) is 1. The number of benzene rings is 1. The van der Waals surface area contributed by atoms with E-state index in [0.29, 0.717) is 29.8 Å². The Morgan fingerprint density at radius 2 is 2.19 bits per heavy atom. The second-order valence-corrected chi connectivity index (χ2v) is 6.26. The highest BCUT2D eigenvalue weighted by molar-refractivity contribution is 6.42. The van der Waals surface area contributed by atoms with Crippen molar-refractivity contribution in [1.29, 1.82) is 0 Å². The van der Waals surface area contributed by atoms with Gasteiger partial charge in [-0.15, -0.1) is 0 Å². The zero-order valence-electron chi connectivity index (χ0n) is 11.6. The molecule has 1 unspecified atom stereocenters. The third kappa shape index (κ3) is 3.19. The Morgan fingerprint density at radius 3 is 2.90 bits per heavy atom. The molecule has 1 aromatic carbocycles. The second kappa shape index (κ2) is 6.53. The van der Waals surface area contributed by atoms with E-state index < -0.39 is 0 Å². The fraction of sp³-hybridized carbons (Fsp3) is 0.533. The van der Waals surface area contributed by atoms with Gasteiger partial charge in [0.15, 0.2) is 0 Å². The van der Waals surface area contributed by atoms with Crippen molar-refractivity contribution < 1.29 is 9.53 Å². The summed E-state index contributed by atoms with van der Waals surface area (Å²) in [5.74, 6) is 0.159. The van der Waals surface area contributed by atoms with Crippen LogP contribution in [0, 0.1) is 0 Å². The summed E-state index contributed by atoms with van der Waals surface area (Å²) in [6.45, 7) is 2.60. The number of rotatable bonds is 2. The van der Waals surface area contributed by atoms with Crippen LogP contribution in [0.15, 0.2) is 18.2 Å². The summed E-state index contributed by atoms with van der Waals surface area (Å²) in [6.07, 6.45) is 1.96. The molecule has 114 valence electrons. The van der Waals surface area contributed by atoms with Gasteiger partial charge in [-0.3, -0.25) is 4.79 Å². The van der Waals surface area contributed by atoms with Crippen LogP contribution in [0.5, 0.6) is 0 Å². The predicted molar refractivity (Wildman–Crippen MR) is 82.8 cm³/mol. The van der Waals surface area contributed by atoms with Crippen LogP contribution < -0.4 is 5.32 Å². The van der Waals surface area contributed by atoms with E-state index in [-0.39, 0.29) is 18.0 Å². The van der Waals surface area contributed by atoms with Crippen molar-refractivity contribution in [1.82, 2.24) is 10.2 Å². The van der Waals surface area contributed by atoms with Crippen LogP contribution in [0.1, 0.15) is 24.4 Å². The first-order valence-corrected chi connectivity index (χ1v) is 7.99. The molecular weight excluding hydrogens is 311 g/mol. The molecule has 2 atom stereocenters. The number of carbonyl (C=O) groups is 1. The van der Waals surface area contributed by atoms with Gasteiger partial charge in [-0.05, 0) is 37.1 Å². The molecule has 1 aromatic rings. The highest BCUT2D eigenvalue weighted by Crippen LogP contribution is 2.30. The smallest absolute Gasteiger partial charge is 0.240 e. The molecular formula is C15H18Cl2N2O2. The zero-order chi connectivity index (χ0) is 14.8. The topological polar surface area (TPSA) is 41.6 Å². The molecule has 21 heavy (non-hydrogen) atoms. The summed E-state index contributed by atoms with van der Waals surface area (Å²) < 4.78 is 5.56. The average Bonchev–Trinajstić information content (AvgIpc) is 3.04. The van der Waals surface area contributed by atoms with Crippen LogP contribution in [0.4, 0.5) is 0 Å². The molecule has 0 radical (unpaired) electrons. The van der Waals surface area contributed by atoms with Crippen LogP contribution in [0.2, 0.25) is 10.0 Å². The Balaban J connectivity index is 1.83. The number of nitrogens with zero attached hydrogens (tertiary/aromatic N) is 1. The lowest BCUT2D eigenvalue weighted by atomic mass is 10.0. The zero-order valence-corrected chi connectivity index (χ0v) is 13.2. The largest absolute Gasteiger partial charge is 0.377 e. The minimum atomic E-state index is -0.0941. The van der Waals surface area contributed by atoms with Gasteiger partial charge < -0.3 is 15.0 Å². The van der Waals surface area contributed by atoms with E-state index in [1.54, 1.807) is 6.07 Å². The maximum absolute atomic E-state index is 12.7. The lowest BCUT2D eigenvalue weighted by molar-refractivity contribution is -0.142. The van der Waals surface area contributed by atoms with Crippen LogP contribution in [-0.4, -0.2) is 43.2 Å². The highest BCUT2D eigenvalue weighted by Gasteiger charge is 2.34. The number of hydrogen-bond donors (Lipinski definition) is 1. The minimum absolute atomic E-state index is 0.0617. The van der Waals surface area contributed by atoms with E-state index in [2.05, 4.69) is 5.32 Å². The van der Waals surface area contributed by atoms with E-state index in [4.69, 9.17) is 27.9 Å². The maximum Gasteiger partial charge on any atom is 0.240 e. The lowest BCUT2D eigenvalue weighted by Gasteiger charge is -2.37. The first-order valence-electron chi connectivity index (χ1n) is 7.23. The van der Waals surface area contributed by atoms with Gasteiger partial charge in [-0.1, -0.05) is 29.3 Å². The Morgan fingerprint density at radius 1 is 1.33 bits per heavy atom. The number of amides is 1. The number of halogens is 2. The van der Waals surface area contributed by atoms with Crippen molar-refractivity contribution in [3.05, 3.63) is 33.8 Å². The van der Waals surface area contributed by atoms with Crippen molar-refractivity contribution >= 4 is 29.1 Å². The summed E-state index contributed by atoms with van der Waals surface area (Å²) in [5.41, 5.74) is 0.968. The molecule has 1 amide bonds. The Kier molecular flexibility index (Phi) is 4.69. The number of morpholine rings is 1. The first-order chi connectivity index (χ1) is 10.2. The van der Waals surface area contributed by atoms with E-state index >= 15 is 0 Å². The molecule has 2 aliphatic heterocycles. The van der Waals surface area contributed by atoms with Gasteiger partial charge in [0, 0.05) is 6.54 Å². The summed E-state index contributed by atoms with van der Waals surface area (Å²) in [6, 6.07) is 5.35. The van der Waals surface area contributed by atoms with Crippen molar-refractivity contribution in [2.24, 2.45) is 0 Å². The summed E-state index contributed by atoms with van der Waals surface area (Å²) in [7, 11) is 0. The standard InChI is InChI=1S/C15H18Cl2N2O2/c16-11-4-3-10(8-12(11)17)14-9-21-7-6-19(14)15(20)13-2-1-5-18-13/h3-4,8,13-14,18H,1-2,5-7,9H2/t13-,14?/m1/s1. The molecule has 0 spiro atoms. The quantitative estimate of drug-likeness (QED) is 0.907. The summed E-state index contributed by atoms with van der Waals surface area (Å²) in [5, 5.41) is 4.29. The Labute approximate surface area is 134 Å². The van der Waals surface area contributed by atoms with Gasteiger partial charge in [0.2, 0.25) is 5.91 Å². The van der Waals surface area contributed by atoms with Crippen LogP contribution in [0.25, 0.3) is 0 Å². The third-order valence-corrected chi connectivity index (χ3v) is 4.84. The molecule has 6 heteroatoms. The van der Waals surface area contributed by atoms with Crippen molar-refractivity contribution in [2.75, 3.05) is 26.3 Å². The molecule has 0 saturated carbocycles.